The van der Waals surface area contributed by atoms with Gasteiger partial charge in [-0.15, -0.1) is 0 Å². The zero-order chi connectivity index (χ0) is 29.2. The van der Waals surface area contributed by atoms with Crippen LogP contribution < -0.4 is 25.4 Å². The molecule has 0 aromatic heterocycles. The van der Waals surface area contributed by atoms with Gasteiger partial charge in [-0.3, -0.25) is 0 Å². The second kappa shape index (κ2) is 14.0. The minimum Gasteiger partial charge on any atom is -0.489 e. The Kier molecular flexibility index (Phi) is 9.28. The maximum Gasteiger partial charge on any atom is 0.126 e. The van der Waals surface area contributed by atoms with Crippen molar-refractivity contribution >= 4 is 23.2 Å². The summed E-state index contributed by atoms with van der Waals surface area (Å²) >= 11 is 0. The summed E-state index contributed by atoms with van der Waals surface area (Å²) in [6.07, 6.45) is 1.85. The van der Waals surface area contributed by atoms with Crippen molar-refractivity contribution < 1.29 is 9.47 Å². The van der Waals surface area contributed by atoms with Gasteiger partial charge in [-0.25, -0.2) is 0 Å². The van der Waals surface area contributed by atoms with Crippen LogP contribution in [0.3, 0.4) is 0 Å². The fourth-order valence-corrected chi connectivity index (χ4v) is 9.90. The van der Waals surface area contributed by atoms with E-state index >= 15 is 0 Å². The van der Waals surface area contributed by atoms with Crippen molar-refractivity contribution in [2.24, 2.45) is 0 Å². The van der Waals surface area contributed by atoms with E-state index in [4.69, 9.17) is 9.47 Å². The lowest BCUT2D eigenvalue weighted by molar-refractivity contribution is 0.288. The van der Waals surface area contributed by atoms with Gasteiger partial charge in [0, 0.05) is 12.5 Å². The summed E-state index contributed by atoms with van der Waals surface area (Å²) in [5.41, 5.74) is 3.47. The van der Waals surface area contributed by atoms with E-state index in [0.717, 1.165) is 35.2 Å². The maximum absolute atomic E-state index is 6.53. The van der Waals surface area contributed by atoms with Crippen LogP contribution in [0.2, 0.25) is 0 Å². The normalized spacial score (nSPS) is 11.2. The van der Waals surface area contributed by atoms with E-state index in [1.807, 2.05) is 24.3 Å². The molecule has 0 bridgehead atoms. The zero-order valence-corrected chi connectivity index (χ0v) is 25.2. The van der Waals surface area contributed by atoms with Crippen LogP contribution in [-0.4, -0.2) is 6.16 Å². The molecule has 6 aromatic carbocycles. The summed E-state index contributed by atoms with van der Waals surface area (Å²) in [7, 11) is -1.97. The van der Waals surface area contributed by atoms with Crippen LogP contribution in [0.5, 0.6) is 11.5 Å². The molecule has 0 fully saturated rings. The highest BCUT2D eigenvalue weighted by atomic mass is 31.2. The first-order valence-electron chi connectivity index (χ1n) is 14.8. The van der Waals surface area contributed by atoms with Crippen LogP contribution in [-0.2, 0) is 19.6 Å². The largest absolute Gasteiger partial charge is 0.489 e. The first-order chi connectivity index (χ1) is 21.3. The number of ether oxygens (including phenoxy) is 2. The molecule has 0 saturated carbocycles. The predicted molar refractivity (Wildman–Crippen MR) is 182 cm³/mol. The highest BCUT2D eigenvalue weighted by Crippen LogP contribution is 2.55. The molecular weight excluding hydrogens is 543 g/mol. The highest BCUT2D eigenvalue weighted by Gasteiger charge is 2.44. The molecular formula is C40H36O2P+. The summed E-state index contributed by atoms with van der Waals surface area (Å²) in [6, 6.07) is 60.1. The van der Waals surface area contributed by atoms with Gasteiger partial charge in [0.1, 0.15) is 47.9 Å². The van der Waals surface area contributed by atoms with Crippen molar-refractivity contribution in [3.8, 4) is 11.5 Å². The van der Waals surface area contributed by atoms with Crippen molar-refractivity contribution in [1.29, 1.82) is 0 Å². The summed E-state index contributed by atoms with van der Waals surface area (Å²) < 4.78 is 12.8. The first-order valence-corrected chi connectivity index (χ1v) is 16.8. The molecule has 43 heavy (non-hydrogen) atoms. The molecule has 0 aliphatic carbocycles. The lowest BCUT2D eigenvalue weighted by atomic mass is 10.1. The second-order valence-electron chi connectivity index (χ2n) is 10.6. The molecule has 0 unspecified atom stereocenters. The molecule has 0 radical (unpaired) electrons. The predicted octanol–water partition coefficient (Wildman–Crippen LogP) is 8.38. The topological polar surface area (TPSA) is 18.5 Å². The van der Waals surface area contributed by atoms with Gasteiger partial charge in [0.15, 0.2) is 0 Å². The second-order valence-corrected chi connectivity index (χ2v) is 14.2. The van der Waals surface area contributed by atoms with E-state index in [1.165, 1.54) is 21.5 Å². The minimum absolute atomic E-state index is 0.506. The molecule has 0 N–H and O–H groups in total. The Balaban J connectivity index is 1.36. The van der Waals surface area contributed by atoms with Gasteiger partial charge in [-0.2, -0.15) is 0 Å². The monoisotopic (exact) mass is 579 g/mol. The molecule has 0 spiro atoms. The number of rotatable bonds is 12. The smallest absolute Gasteiger partial charge is 0.126 e. The number of hydrogen-bond donors (Lipinski definition) is 0. The van der Waals surface area contributed by atoms with Crippen LogP contribution >= 0.6 is 7.26 Å². The van der Waals surface area contributed by atoms with Gasteiger partial charge in [0.05, 0.1) is 6.16 Å². The van der Waals surface area contributed by atoms with E-state index in [2.05, 4.69) is 146 Å². The van der Waals surface area contributed by atoms with Gasteiger partial charge in [0.2, 0.25) is 0 Å². The molecule has 6 aromatic rings. The molecule has 0 aliphatic heterocycles. The summed E-state index contributed by atoms with van der Waals surface area (Å²) in [6.45, 7) is 1.02. The van der Waals surface area contributed by atoms with Crippen LogP contribution in [0.25, 0.3) is 0 Å². The van der Waals surface area contributed by atoms with Crippen molar-refractivity contribution in [2.45, 2.75) is 19.6 Å². The first kappa shape index (κ1) is 28.5. The summed E-state index contributed by atoms with van der Waals surface area (Å²) in [5, 5.41) is 4.17. The van der Waals surface area contributed by atoms with Gasteiger partial charge < -0.3 is 9.47 Å². The minimum atomic E-state index is -1.97. The lowest BCUT2D eigenvalue weighted by Crippen LogP contribution is -2.34. The molecule has 6 rings (SSSR count). The Morgan fingerprint density at radius 3 is 1.30 bits per heavy atom. The zero-order valence-electron chi connectivity index (χ0n) is 24.3. The number of benzene rings is 6. The van der Waals surface area contributed by atoms with Gasteiger partial charge in [-0.1, -0.05) is 121 Å². The molecule has 3 heteroatoms. The highest BCUT2D eigenvalue weighted by molar-refractivity contribution is 7.95. The molecule has 0 atom stereocenters. The Morgan fingerprint density at radius 1 is 0.419 bits per heavy atom. The number of aryl methyl sites for hydroxylation is 1. The van der Waals surface area contributed by atoms with Gasteiger partial charge in [-0.05, 0) is 59.2 Å². The van der Waals surface area contributed by atoms with Crippen LogP contribution in [0.1, 0.15) is 16.7 Å². The van der Waals surface area contributed by atoms with Gasteiger partial charge in [0.25, 0.3) is 0 Å². The van der Waals surface area contributed by atoms with Crippen molar-refractivity contribution in [3.63, 3.8) is 0 Å². The van der Waals surface area contributed by atoms with Crippen molar-refractivity contribution in [1.82, 2.24) is 0 Å². The van der Waals surface area contributed by atoms with Crippen LogP contribution in [0, 0.1) is 0 Å². The standard InChI is InChI=1S/C40H36O2P/c1-6-16-33(17-7-1)31-41-36-27-26-35(40(30-36)42-32-34-18-8-2-9-19-34)28-29-43(37-20-10-3-11-21-37,38-22-12-4-13-23-38)39-24-14-5-15-25-39/h1-27,30H,28-29,31-32H2/q+1. The van der Waals surface area contributed by atoms with Crippen LogP contribution in [0.15, 0.2) is 170 Å². The third kappa shape index (κ3) is 6.88. The summed E-state index contributed by atoms with van der Waals surface area (Å²) in [5.74, 6) is 1.69. The lowest BCUT2D eigenvalue weighted by Gasteiger charge is -2.28. The quantitative estimate of drug-likeness (QED) is 0.136. The van der Waals surface area contributed by atoms with E-state index < -0.39 is 7.26 Å². The Bertz CT molecular complexity index is 1590. The molecule has 212 valence electrons. The van der Waals surface area contributed by atoms with E-state index in [0.29, 0.717) is 13.2 Å². The molecule has 0 saturated heterocycles. The third-order valence-electron chi connectivity index (χ3n) is 7.83. The molecule has 0 amide bonds. The fourth-order valence-electron chi connectivity index (χ4n) is 5.61. The average molecular weight is 580 g/mol. The fraction of sp³-hybridized carbons (Fsp3) is 0.100. The van der Waals surface area contributed by atoms with Crippen molar-refractivity contribution in [3.05, 3.63) is 187 Å². The molecule has 0 heterocycles. The molecule has 2 nitrogen and oxygen atoms in total. The number of hydrogen-bond acceptors (Lipinski definition) is 2. The van der Waals surface area contributed by atoms with E-state index in [-0.39, 0.29) is 0 Å². The van der Waals surface area contributed by atoms with Crippen LogP contribution in [0.4, 0.5) is 0 Å². The van der Waals surface area contributed by atoms with E-state index in [1.54, 1.807) is 0 Å². The summed E-state index contributed by atoms with van der Waals surface area (Å²) in [4.78, 5) is 0. The SMILES string of the molecule is c1ccc(COc2ccc(CC[P+](c3ccccc3)(c3ccccc3)c3ccccc3)c(OCc3ccccc3)c2)cc1. The Morgan fingerprint density at radius 2 is 0.837 bits per heavy atom. The third-order valence-corrected chi connectivity index (χ3v) is 12.3. The maximum atomic E-state index is 6.53. The van der Waals surface area contributed by atoms with Crippen molar-refractivity contribution in [2.75, 3.05) is 6.16 Å². The Hall–Kier alpha value is -4.65. The molecule has 0 aliphatic rings. The van der Waals surface area contributed by atoms with E-state index in [9.17, 15) is 0 Å². The average Bonchev–Trinajstić information content (AvgIpc) is 3.09. The Labute approximate surface area is 255 Å². The van der Waals surface area contributed by atoms with Gasteiger partial charge >= 0.3 is 0 Å².